The molecule has 6 heteroatoms. The van der Waals surface area contributed by atoms with Crippen LogP contribution in [0.2, 0.25) is 0 Å². The first-order chi connectivity index (χ1) is 13.7. The van der Waals surface area contributed by atoms with Gasteiger partial charge in [-0.15, -0.1) is 24.0 Å². The molecule has 160 valence electrons. The van der Waals surface area contributed by atoms with Crippen molar-refractivity contribution in [3.8, 4) is 5.75 Å². The van der Waals surface area contributed by atoms with E-state index in [-0.39, 0.29) is 24.0 Å². The van der Waals surface area contributed by atoms with Gasteiger partial charge in [0.05, 0.1) is 13.7 Å². The van der Waals surface area contributed by atoms with Crippen molar-refractivity contribution in [2.24, 2.45) is 4.99 Å². The summed E-state index contributed by atoms with van der Waals surface area (Å²) in [5.74, 6) is 1.79. The lowest BCUT2D eigenvalue weighted by Crippen LogP contribution is -2.39. The van der Waals surface area contributed by atoms with E-state index >= 15 is 0 Å². The highest BCUT2D eigenvalue weighted by atomic mass is 127. The summed E-state index contributed by atoms with van der Waals surface area (Å²) >= 11 is 0. The Kier molecular flexibility index (Phi) is 13.1. The summed E-state index contributed by atoms with van der Waals surface area (Å²) in [7, 11) is 5.55. The molecule has 0 saturated carbocycles. The number of rotatable bonds is 11. The second-order valence-electron chi connectivity index (χ2n) is 6.70. The lowest BCUT2D eigenvalue weighted by Gasteiger charge is -2.23. The molecule has 0 amide bonds. The lowest BCUT2D eigenvalue weighted by atomic mass is 10.2. The fraction of sp³-hybridized carbons (Fsp3) is 0.435. The van der Waals surface area contributed by atoms with Crippen LogP contribution in [0.4, 0.5) is 0 Å². The van der Waals surface area contributed by atoms with Gasteiger partial charge in [-0.2, -0.15) is 0 Å². The summed E-state index contributed by atoms with van der Waals surface area (Å²) in [5, 5.41) is 3.42. The highest BCUT2D eigenvalue weighted by Gasteiger charge is 2.09. The maximum Gasteiger partial charge on any atom is 0.193 e. The fourth-order valence-electron chi connectivity index (χ4n) is 3.01. The third-order valence-corrected chi connectivity index (χ3v) is 4.55. The lowest BCUT2D eigenvalue weighted by molar-refractivity contribution is 0.133. The molecule has 1 N–H and O–H groups in total. The SMILES string of the molecule is CN=C(NCCCCOCCc1ccccc1)N(C)Cc1ccccc1OC.I. The van der Waals surface area contributed by atoms with E-state index in [0.29, 0.717) is 0 Å². The molecule has 0 radical (unpaired) electrons. The van der Waals surface area contributed by atoms with Crippen molar-refractivity contribution in [3.63, 3.8) is 0 Å². The van der Waals surface area contributed by atoms with Crippen LogP contribution in [0.25, 0.3) is 0 Å². The molecule has 29 heavy (non-hydrogen) atoms. The standard InChI is InChI=1S/C23H33N3O2.HI/c1-24-23(26(2)19-21-13-7-8-14-22(21)27-3)25-16-9-10-17-28-18-15-20-11-5-4-6-12-20;/h4-8,11-14H,9-10,15-19H2,1-3H3,(H,24,25);1H. The minimum absolute atomic E-state index is 0. The van der Waals surface area contributed by atoms with Gasteiger partial charge in [-0.25, -0.2) is 0 Å². The molecule has 0 saturated heterocycles. The summed E-state index contributed by atoms with van der Waals surface area (Å²) in [6.07, 6.45) is 3.06. The van der Waals surface area contributed by atoms with Crippen LogP contribution < -0.4 is 10.1 Å². The van der Waals surface area contributed by atoms with Gasteiger partial charge in [0.1, 0.15) is 5.75 Å². The van der Waals surface area contributed by atoms with Gasteiger partial charge in [0.2, 0.25) is 0 Å². The molecule has 2 aromatic rings. The van der Waals surface area contributed by atoms with Crippen molar-refractivity contribution in [1.29, 1.82) is 0 Å². The second kappa shape index (κ2) is 15.1. The predicted octanol–water partition coefficient (Wildman–Crippen LogP) is 4.36. The minimum atomic E-state index is 0. The van der Waals surface area contributed by atoms with Gasteiger partial charge >= 0.3 is 0 Å². The number of guanidine groups is 1. The van der Waals surface area contributed by atoms with E-state index < -0.39 is 0 Å². The van der Waals surface area contributed by atoms with E-state index in [0.717, 1.165) is 62.8 Å². The number of nitrogens with one attached hydrogen (secondary N) is 1. The monoisotopic (exact) mass is 511 g/mol. The van der Waals surface area contributed by atoms with E-state index in [1.807, 2.05) is 38.4 Å². The number of ether oxygens (including phenoxy) is 2. The fourth-order valence-corrected chi connectivity index (χ4v) is 3.01. The smallest absolute Gasteiger partial charge is 0.193 e. The van der Waals surface area contributed by atoms with Crippen molar-refractivity contribution in [1.82, 2.24) is 10.2 Å². The quantitative estimate of drug-likeness (QED) is 0.211. The van der Waals surface area contributed by atoms with Crippen LogP contribution in [0, 0.1) is 0 Å². The van der Waals surface area contributed by atoms with Gasteiger partial charge in [0.15, 0.2) is 5.96 Å². The number of nitrogens with zero attached hydrogens (tertiary/aromatic N) is 2. The van der Waals surface area contributed by atoms with Gasteiger partial charge in [-0.3, -0.25) is 4.99 Å². The average molecular weight is 511 g/mol. The minimum Gasteiger partial charge on any atom is -0.496 e. The number of methoxy groups -OCH3 is 1. The number of hydrogen-bond donors (Lipinski definition) is 1. The number of halogens is 1. The molecule has 0 fully saturated rings. The Bertz CT molecular complexity index is 710. The molecule has 2 aromatic carbocycles. The zero-order chi connectivity index (χ0) is 20.0. The molecular formula is C23H34IN3O2. The second-order valence-corrected chi connectivity index (χ2v) is 6.70. The summed E-state index contributed by atoms with van der Waals surface area (Å²) in [5.41, 5.74) is 2.47. The number of hydrogen-bond acceptors (Lipinski definition) is 3. The van der Waals surface area contributed by atoms with E-state index in [9.17, 15) is 0 Å². The van der Waals surface area contributed by atoms with Gasteiger partial charge in [-0.05, 0) is 30.9 Å². The highest BCUT2D eigenvalue weighted by Crippen LogP contribution is 2.18. The van der Waals surface area contributed by atoms with Crippen molar-refractivity contribution in [2.45, 2.75) is 25.8 Å². The predicted molar refractivity (Wildman–Crippen MR) is 131 cm³/mol. The average Bonchev–Trinajstić information content (AvgIpc) is 2.73. The zero-order valence-electron chi connectivity index (χ0n) is 17.8. The van der Waals surface area contributed by atoms with E-state index in [2.05, 4.69) is 45.5 Å². The molecule has 0 aliphatic carbocycles. The number of para-hydroxylation sites is 1. The Hall–Kier alpha value is -1.80. The summed E-state index contributed by atoms with van der Waals surface area (Å²) < 4.78 is 11.2. The third-order valence-electron chi connectivity index (χ3n) is 4.55. The first-order valence-electron chi connectivity index (χ1n) is 9.90. The van der Waals surface area contributed by atoms with Gasteiger partial charge in [-0.1, -0.05) is 48.5 Å². The molecule has 0 aromatic heterocycles. The Morgan fingerprint density at radius 2 is 1.72 bits per heavy atom. The maximum absolute atomic E-state index is 5.74. The molecule has 0 heterocycles. The number of aliphatic imine (C=N–C) groups is 1. The van der Waals surface area contributed by atoms with Crippen molar-refractivity contribution in [3.05, 3.63) is 65.7 Å². The van der Waals surface area contributed by atoms with Gasteiger partial charge in [0, 0.05) is 39.4 Å². The normalized spacial score (nSPS) is 10.9. The third kappa shape index (κ3) is 9.49. The Balaban J connectivity index is 0.00000420. The van der Waals surface area contributed by atoms with E-state index in [1.54, 1.807) is 7.11 Å². The summed E-state index contributed by atoms with van der Waals surface area (Å²) in [6, 6.07) is 18.5. The zero-order valence-corrected chi connectivity index (χ0v) is 20.1. The van der Waals surface area contributed by atoms with Crippen LogP contribution >= 0.6 is 24.0 Å². The Morgan fingerprint density at radius 3 is 2.45 bits per heavy atom. The van der Waals surface area contributed by atoms with Crippen molar-refractivity contribution >= 4 is 29.9 Å². The van der Waals surface area contributed by atoms with E-state index in [4.69, 9.17) is 9.47 Å². The van der Waals surface area contributed by atoms with Gasteiger partial charge < -0.3 is 19.7 Å². The molecule has 5 nitrogen and oxygen atoms in total. The van der Waals surface area contributed by atoms with Crippen LogP contribution in [0.1, 0.15) is 24.0 Å². The maximum atomic E-state index is 5.74. The largest absolute Gasteiger partial charge is 0.496 e. The topological polar surface area (TPSA) is 46.1 Å². The first kappa shape index (κ1) is 25.2. The molecule has 0 spiro atoms. The highest BCUT2D eigenvalue weighted by molar-refractivity contribution is 14.0. The first-order valence-corrected chi connectivity index (χ1v) is 9.90. The van der Waals surface area contributed by atoms with Crippen LogP contribution in [0.3, 0.4) is 0 Å². The molecular weight excluding hydrogens is 477 g/mol. The molecule has 0 aliphatic heterocycles. The van der Waals surface area contributed by atoms with Crippen LogP contribution in [0.15, 0.2) is 59.6 Å². The van der Waals surface area contributed by atoms with Crippen molar-refractivity contribution in [2.75, 3.05) is 41.0 Å². The summed E-state index contributed by atoms with van der Waals surface area (Å²) in [6.45, 7) is 3.20. The number of unbranched alkanes of at least 4 members (excludes halogenated alkanes) is 1. The van der Waals surface area contributed by atoms with Crippen LogP contribution in [-0.4, -0.2) is 51.8 Å². The Labute approximate surface area is 192 Å². The molecule has 0 bridgehead atoms. The van der Waals surface area contributed by atoms with E-state index in [1.165, 1.54) is 5.56 Å². The van der Waals surface area contributed by atoms with Crippen molar-refractivity contribution < 1.29 is 9.47 Å². The van der Waals surface area contributed by atoms with Gasteiger partial charge in [0.25, 0.3) is 0 Å². The molecule has 2 rings (SSSR count). The molecule has 0 aliphatic rings. The number of benzene rings is 2. The molecule has 0 unspecified atom stereocenters. The van der Waals surface area contributed by atoms with Crippen LogP contribution in [0.5, 0.6) is 5.75 Å². The Morgan fingerprint density at radius 1 is 1.00 bits per heavy atom. The van der Waals surface area contributed by atoms with Crippen LogP contribution in [-0.2, 0) is 17.7 Å². The molecule has 0 atom stereocenters. The summed E-state index contributed by atoms with van der Waals surface area (Å²) in [4.78, 5) is 6.49.